The lowest BCUT2D eigenvalue weighted by atomic mass is 10.1. The van der Waals surface area contributed by atoms with Crippen molar-refractivity contribution < 1.29 is 9.90 Å². The first-order valence-corrected chi connectivity index (χ1v) is 7.74. The Balaban J connectivity index is 2.24. The van der Waals surface area contributed by atoms with Crippen LogP contribution in [0.4, 0.5) is 0 Å². The van der Waals surface area contributed by atoms with Gasteiger partial charge in [-0.3, -0.25) is 4.79 Å². The molecule has 0 saturated heterocycles. The molecule has 0 spiro atoms. The van der Waals surface area contributed by atoms with Gasteiger partial charge in [0, 0.05) is 29.7 Å². The third-order valence-corrected chi connectivity index (χ3v) is 3.97. The van der Waals surface area contributed by atoms with Gasteiger partial charge in [-0.2, -0.15) is 0 Å². The van der Waals surface area contributed by atoms with Crippen molar-refractivity contribution in [1.82, 2.24) is 5.32 Å². The SMILES string of the molecule is CCC(CCO)NC(=O)CCSc1ccc(C)cc1. The van der Waals surface area contributed by atoms with Crippen LogP contribution in [0.1, 0.15) is 31.7 Å². The van der Waals surface area contributed by atoms with Crippen molar-refractivity contribution in [2.75, 3.05) is 12.4 Å². The molecular weight excluding hydrogens is 258 g/mol. The maximum atomic E-state index is 11.7. The Morgan fingerprint density at radius 2 is 2.05 bits per heavy atom. The number of benzene rings is 1. The van der Waals surface area contributed by atoms with Gasteiger partial charge in [0.1, 0.15) is 0 Å². The Hall–Kier alpha value is -1.00. The first-order chi connectivity index (χ1) is 9.15. The first-order valence-electron chi connectivity index (χ1n) is 6.75. The fourth-order valence-electron chi connectivity index (χ4n) is 1.73. The van der Waals surface area contributed by atoms with E-state index in [0.717, 1.165) is 12.2 Å². The highest BCUT2D eigenvalue weighted by atomic mass is 32.2. The van der Waals surface area contributed by atoms with E-state index in [9.17, 15) is 4.79 Å². The van der Waals surface area contributed by atoms with Crippen LogP contribution in [0.25, 0.3) is 0 Å². The van der Waals surface area contributed by atoms with E-state index in [-0.39, 0.29) is 18.6 Å². The summed E-state index contributed by atoms with van der Waals surface area (Å²) in [7, 11) is 0. The molecule has 0 aliphatic heterocycles. The number of aliphatic hydroxyl groups excluding tert-OH is 1. The van der Waals surface area contributed by atoms with Crippen LogP contribution < -0.4 is 5.32 Å². The lowest BCUT2D eigenvalue weighted by Gasteiger charge is -2.15. The molecule has 0 aromatic heterocycles. The van der Waals surface area contributed by atoms with Crippen LogP contribution in [0.15, 0.2) is 29.2 Å². The molecule has 106 valence electrons. The van der Waals surface area contributed by atoms with Gasteiger partial charge in [0.15, 0.2) is 0 Å². The minimum Gasteiger partial charge on any atom is -0.396 e. The summed E-state index contributed by atoms with van der Waals surface area (Å²) in [5.74, 6) is 0.852. The number of rotatable bonds is 8. The van der Waals surface area contributed by atoms with Gasteiger partial charge in [-0.1, -0.05) is 24.6 Å². The van der Waals surface area contributed by atoms with Crippen molar-refractivity contribution in [3.05, 3.63) is 29.8 Å². The summed E-state index contributed by atoms with van der Waals surface area (Å²) in [5, 5.41) is 11.8. The van der Waals surface area contributed by atoms with Gasteiger partial charge in [-0.15, -0.1) is 11.8 Å². The summed E-state index contributed by atoms with van der Waals surface area (Å²) in [5.41, 5.74) is 1.25. The van der Waals surface area contributed by atoms with Crippen LogP contribution in [0.2, 0.25) is 0 Å². The molecule has 0 heterocycles. The fourth-order valence-corrected chi connectivity index (χ4v) is 2.58. The maximum Gasteiger partial charge on any atom is 0.221 e. The highest BCUT2D eigenvalue weighted by Gasteiger charge is 2.09. The van der Waals surface area contributed by atoms with Crippen LogP contribution in [-0.4, -0.2) is 29.4 Å². The quantitative estimate of drug-likeness (QED) is 0.720. The Labute approximate surface area is 119 Å². The average molecular weight is 281 g/mol. The molecule has 1 aromatic rings. The maximum absolute atomic E-state index is 11.7. The third kappa shape index (κ3) is 6.64. The Kier molecular flexibility index (Phi) is 7.60. The predicted molar refractivity (Wildman–Crippen MR) is 80.4 cm³/mol. The zero-order chi connectivity index (χ0) is 14.1. The number of aryl methyl sites for hydroxylation is 1. The Morgan fingerprint density at radius 1 is 1.37 bits per heavy atom. The molecule has 0 fully saturated rings. The van der Waals surface area contributed by atoms with E-state index in [1.807, 2.05) is 6.92 Å². The van der Waals surface area contributed by atoms with Gasteiger partial charge >= 0.3 is 0 Å². The van der Waals surface area contributed by atoms with Crippen molar-refractivity contribution in [2.24, 2.45) is 0 Å². The molecule has 4 heteroatoms. The average Bonchev–Trinajstić information content (AvgIpc) is 2.40. The Bertz CT molecular complexity index is 378. The molecule has 0 aliphatic rings. The van der Waals surface area contributed by atoms with Crippen LogP contribution >= 0.6 is 11.8 Å². The highest BCUT2D eigenvalue weighted by molar-refractivity contribution is 7.99. The van der Waals surface area contributed by atoms with Crippen molar-refractivity contribution in [1.29, 1.82) is 0 Å². The number of hydrogen-bond donors (Lipinski definition) is 2. The zero-order valence-electron chi connectivity index (χ0n) is 11.7. The second-order valence-electron chi connectivity index (χ2n) is 4.60. The summed E-state index contributed by atoms with van der Waals surface area (Å²) in [6.07, 6.45) is 2.01. The monoisotopic (exact) mass is 281 g/mol. The van der Waals surface area contributed by atoms with Crippen molar-refractivity contribution in [3.63, 3.8) is 0 Å². The normalized spacial score (nSPS) is 12.2. The van der Waals surface area contributed by atoms with Gasteiger partial charge in [0.05, 0.1) is 0 Å². The molecule has 0 radical (unpaired) electrons. The Morgan fingerprint density at radius 3 is 2.63 bits per heavy atom. The number of carbonyl (C=O) groups is 1. The largest absolute Gasteiger partial charge is 0.396 e. The third-order valence-electron chi connectivity index (χ3n) is 2.95. The van der Waals surface area contributed by atoms with Crippen molar-refractivity contribution >= 4 is 17.7 Å². The second kappa shape index (κ2) is 8.99. The van der Waals surface area contributed by atoms with Crippen molar-refractivity contribution in [2.45, 2.75) is 44.0 Å². The highest BCUT2D eigenvalue weighted by Crippen LogP contribution is 2.18. The lowest BCUT2D eigenvalue weighted by Crippen LogP contribution is -2.35. The summed E-state index contributed by atoms with van der Waals surface area (Å²) in [6, 6.07) is 8.42. The number of carbonyl (C=O) groups excluding carboxylic acids is 1. The molecule has 1 aromatic carbocycles. The molecule has 19 heavy (non-hydrogen) atoms. The summed E-state index contributed by atoms with van der Waals surface area (Å²) < 4.78 is 0. The first kappa shape index (κ1) is 16.1. The zero-order valence-corrected chi connectivity index (χ0v) is 12.5. The number of nitrogens with one attached hydrogen (secondary N) is 1. The number of aliphatic hydroxyl groups is 1. The van der Waals surface area contributed by atoms with E-state index in [0.29, 0.717) is 12.8 Å². The molecule has 2 N–H and O–H groups in total. The van der Waals surface area contributed by atoms with Crippen molar-refractivity contribution in [3.8, 4) is 0 Å². The van der Waals surface area contributed by atoms with E-state index in [1.165, 1.54) is 10.5 Å². The van der Waals surface area contributed by atoms with Gasteiger partial charge < -0.3 is 10.4 Å². The summed E-state index contributed by atoms with van der Waals surface area (Å²) in [4.78, 5) is 12.9. The molecule has 1 unspecified atom stereocenters. The van der Waals surface area contributed by atoms with E-state index in [2.05, 4.69) is 36.5 Å². The smallest absolute Gasteiger partial charge is 0.221 e. The topological polar surface area (TPSA) is 49.3 Å². The molecular formula is C15H23NO2S. The minimum atomic E-state index is 0.0694. The van der Waals surface area contributed by atoms with Gasteiger partial charge in [0.2, 0.25) is 5.91 Å². The molecule has 3 nitrogen and oxygen atoms in total. The molecule has 0 bridgehead atoms. The predicted octanol–water partition coefficient (Wildman–Crippen LogP) is 2.75. The van der Waals surface area contributed by atoms with Crippen LogP contribution in [-0.2, 0) is 4.79 Å². The molecule has 0 saturated carbocycles. The van der Waals surface area contributed by atoms with Gasteiger partial charge in [-0.05, 0) is 31.9 Å². The molecule has 1 amide bonds. The van der Waals surface area contributed by atoms with E-state index in [1.54, 1.807) is 11.8 Å². The van der Waals surface area contributed by atoms with E-state index in [4.69, 9.17) is 5.11 Å². The molecule has 1 atom stereocenters. The fraction of sp³-hybridized carbons (Fsp3) is 0.533. The standard InChI is InChI=1S/C15H23NO2S/c1-3-13(8-10-17)16-15(18)9-11-19-14-6-4-12(2)5-7-14/h4-7,13,17H,3,8-11H2,1-2H3,(H,16,18). The number of hydrogen-bond acceptors (Lipinski definition) is 3. The van der Waals surface area contributed by atoms with Crippen LogP contribution in [0.3, 0.4) is 0 Å². The van der Waals surface area contributed by atoms with Gasteiger partial charge in [-0.25, -0.2) is 0 Å². The second-order valence-corrected chi connectivity index (χ2v) is 5.76. The molecule has 0 aliphatic carbocycles. The minimum absolute atomic E-state index is 0.0694. The van der Waals surface area contributed by atoms with Crippen LogP contribution in [0.5, 0.6) is 0 Å². The van der Waals surface area contributed by atoms with E-state index < -0.39 is 0 Å². The summed E-state index contributed by atoms with van der Waals surface area (Å²) >= 11 is 1.70. The number of thioether (sulfide) groups is 1. The molecule has 1 rings (SSSR count). The van der Waals surface area contributed by atoms with Crippen LogP contribution in [0, 0.1) is 6.92 Å². The number of amides is 1. The summed E-state index contributed by atoms with van der Waals surface area (Å²) in [6.45, 7) is 4.20. The van der Waals surface area contributed by atoms with E-state index >= 15 is 0 Å². The van der Waals surface area contributed by atoms with Gasteiger partial charge in [0.25, 0.3) is 0 Å². The lowest BCUT2D eigenvalue weighted by molar-refractivity contribution is -0.121.